The fourth-order valence-electron chi connectivity index (χ4n) is 2.71. The van der Waals surface area contributed by atoms with Crippen molar-refractivity contribution >= 4 is 22.6 Å². The molecule has 1 aromatic heterocycles. The van der Waals surface area contributed by atoms with Crippen LogP contribution in [-0.4, -0.2) is 16.4 Å². The molecule has 0 aliphatic heterocycles. The first-order valence-corrected chi connectivity index (χ1v) is 8.01. The van der Waals surface area contributed by atoms with Gasteiger partial charge in [0, 0.05) is 22.7 Å². The molecule has 0 saturated heterocycles. The van der Waals surface area contributed by atoms with Crippen LogP contribution in [0, 0.1) is 17.2 Å². The number of fused-ring (bicyclic) bond motifs is 1. The fraction of sp³-hybridized carbons (Fsp3) is 0.294. The molecule has 0 spiro atoms. The van der Waals surface area contributed by atoms with Gasteiger partial charge in [-0.2, -0.15) is 5.26 Å². The van der Waals surface area contributed by atoms with Crippen molar-refractivity contribution in [3.05, 3.63) is 39.8 Å². The molecule has 0 unspecified atom stereocenters. The van der Waals surface area contributed by atoms with E-state index in [9.17, 15) is 15.5 Å². The summed E-state index contributed by atoms with van der Waals surface area (Å²) in [5.74, 6) is 0.626. The first kappa shape index (κ1) is 14.6. The monoisotopic (exact) mass is 312 g/mol. The summed E-state index contributed by atoms with van der Waals surface area (Å²) in [6.45, 7) is 2.23. The van der Waals surface area contributed by atoms with E-state index in [2.05, 4.69) is 18.0 Å². The Kier molecular flexibility index (Phi) is 3.86. The van der Waals surface area contributed by atoms with Crippen LogP contribution >= 0.6 is 11.3 Å². The molecule has 1 aliphatic rings. The van der Waals surface area contributed by atoms with Crippen molar-refractivity contribution in [1.29, 1.82) is 5.26 Å². The lowest BCUT2D eigenvalue weighted by Gasteiger charge is -2.17. The van der Waals surface area contributed by atoms with Gasteiger partial charge in [-0.05, 0) is 42.9 Å². The minimum Gasteiger partial charge on any atom is -0.508 e. The number of nitrogens with zero attached hydrogens (tertiary/aromatic N) is 2. The minimum absolute atomic E-state index is 0.00735. The summed E-state index contributed by atoms with van der Waals surface area (Å²) in [4.78, 5) is 5.66. The first-order valence-electron chi connectivity index (χ1n) is 7.19. The van der Waals surface area contributed by atoms with E-state index in [-0.39, 0.29) is 11.5 Å². The standard InChI is InChI=1S/C17H16N2O2S/c1-10-2-5-13-14(8-18)17(22-16(13)6-10)19-9-11-3-4-12(20)7-15(11)21/h3-4,7,9-10,20-21H,2,5-6H2,1H3/b19-9+/t10-/m0/s1. The highest BCUT2D eigenvalue weighted by molar-refractivity contribution is 7.16. The second kappa shape index (κ2) is 5.82. The summed E-state index contributed by atoms with van der Waals surface area (Å²) in [6, 6.07) is 6.63. The topological polar surface area (TPSA) is 76.6 Å². The average Bonchev–Trinajstić information content (AvgIpc) is 2.82. The molecule has 0 amide bonds. The summed E-state index contributed by atoms with van der Waals surface area (Å²) in [7, 11) is 0. The van der Waals surface area contributed by atoms with Gasteiger partial charge in [-0.15, -0.1) is 11.3 Å². The average molecular weight is 312 g/mol. The van der Waals surface area contributed by atoms with Crippen molar-refractivity contribution in [3.8, 4) is 17.6 Å². The number of benzene rings is 1. The van der Waals surface area contributed by atoms with Crippen LogP contribution in [0.4, 0.5) is 5.00 Å². The SMILES string of the molecule is C[C@H]1CCc2c(sc(/N=C/c3ccc(O)cc3O)c2C#N)C1. The molecule has 0 fully saturated rings. The van der Waals surface area contributed by atoms with E-state index in [0.29, 0.717) is 22.0 Å². The summed E-state index contributed by atoms with van der Waals surface area (Å²) in [6.07, 6.45) is 4.60. The van der Waals surface area contributed by atoms with Crippen molar-refractivity contribution < 1.29 is 10.2 Å². The van der Waals surface area contributed by atoms with Gasteiger partial charge in [-0.25, -0.2) is 4.99 Å². The lowest BCUT2D eigenvalue weighted by Crippen LogP contribution is -2.09. The number of hydrogen-bond donors (Lipinski definition) is 2. The zero-order valence-electron chi connectivity index (χ0n) is 12.2. The van der Waals surface area contributed by atoms with Crippen LogP contribution in [-0.2, 0) is 12.8 Å². The van der Waals surface area contributed by atoms with Crippen molar-refractivity contribution in [2.75, 3.05) is 0 Å². The molecule has 1 aromatic carbocycles. The maximum atomic E-state index is 9.78. The number of nitriles is 1. The third kappa shape index (κ3) is 2.70. The highest BCUT2D eigenvalue weighted by Gasteiger charge is 2.23. The lowest BCUT2D eigenvalue weighted by atomic mass is 9.89. The predicted molar refractivity (Wildman–Crippen MR) is 87.2 cm³/mol. The molecule has 2 N–H and O–H groups in total. The van der Waals surface area contributed by atoms with E-state index in [0.717, 1.165) is 24.8 Å². The Morgan fingerprint density at radius 2 is 2.23 bits per heavy atom. The van der Waals surface area contributed by atoms with E-state index in [1.54, 1.807) is 17.4 Å². The number of phenolic OH excluding ortho intramolecular Hbond substituents is 2. The molecule has 112 valence electrons. The van der Waals surface area contributed by atoms with E-state index in [1.807, 2.05) is 0 Å². The van der Waals surface area contributed by atoms with Crippen LogP contribution in [0.2, 0.25) is 0 Å². The van der Waals surface area contributed by atoms with Crippen molar-refractivity contribution in [1.82, 2.24) is 0 Å². The van der Waals surface area contributed by atoms with Crippen LogP contribution in [0.25, 0.3) is 0 Å². The Bertz CT molecular complexity index is 787. The Morgan fingerprint density at radius 3 is 2.95 bits per heavy atom. The molecule has 1 atom stereocenters. The zero-order valence-corrected chi connectivity index (χ0v) is 13.0. The number of hydrogen-bond acceptors (Lipinski definition) is 5. The van der Waals surface area contributed by atoms with Crippen molar-refractivity contribution in [2.45, 2.75) is 26.2 Å². The minimum atomic E-state index is -0.0304. The van der Waals surface area contributed by atoms with E-state index >= 15 is 0 Å². The molecule has 22 heavy (non-hydrogen) atoms. The van der Waals surface area contributed by atoms with Gasteiger partial charge in [0.05, 0.1) is 5.56 Å². The Balaban J connectivity index is 1.96. The van der Waals surface area contributed by atoms with Gasteiger partial charge < -0.3 is 10.2 Å². The van der Waals surface area contributed by atoms with Crippen LogP contribution in [0.3, 0.4) is 0 Å². The highest BCUT2D eigenvalue weighted by Crippen LogP contribution is 2.40. The van der Waals surface area contributed by atoms with Crippen LogP contribution < -0.4 is 0 Å². The molecule has 0 radical (unpaired) electrons. The maximum absolute atomic E-state index is 9.78. The highest BCUT2D eigenvalue weighted by atomic mass is 32.1. The van der Waals surface area contributed by atoms with E-state index in [1.165, 1.54) is 23.2 Å². The molecule has 3 rings (SSSR count). The summed E-state index contributed by atoms with van der Waals surface area (Å²) < 4.78 is 0. The van der Waals surface area contributed by atoms with E-state index in [4.69, 9.17) is 0 Å². The third-order valence-electron chi connectivity index (χ3n) is 3.94. The Hall–Kier alpha value is -2.32. The molecular formula is C17H16N2O2S. The quantitative estimate of drug-likeness (QED) is 0.825. The number of thiophene rings is 1. The molecule has 0 bridgehead atoms. The second-order valence-corrected chi connectivity index (χ2v) is 6.73. The first-order chi connectivity index (χ1) is 10.6. The zero-order chi connectivity index (χ0) is 15.7. The largest absolute Gasteiger partial charge is 0.508 e. The molecule has 2 aromatic rings. The van der Waals surface area contributed by atoms with Crippen LogP contribution in [0.15, 0.2) is 23.2 Å². The summed E-state index contributed by atoms with van der Waals surface area (Å²) >= 11 is 1.57. The predicted octanol–water partition coefficient (Wildman–Crippen LogP) is 3.91. The Labute approximate surface area is 133 Å². The van der Waals surface area contributed by atoms with Gasteiger partial charge >= 0.3 is 0 Å². The molecule has 5 heteroatoms. The Morgan fingerprint density at radius 1 is 1.41 bits per heavy atom. The van der Waals surface area contributed by atoms with Crippen LogP contribution in [0.1, 0.15) is 34.9 Å². The number of phenols is 2. The van der Waals surface area contributed by atoms with Gasteiger partial charge in [0.2, 0.25) is 0 Å². The molecule has 1 aliphatic carbocycles. The maximum Gasteiger partial charge on any atom is 0.134 e. The molecular weight excluding hydrogens is 296 g/mol. The smallest absolute Gasteiger partial charge is 0.134 e. The van der Waals surface area contributed by atoms with Crippen molar-refractivity contribution in [3.63, 3.8) is 0 Å². The van der Waals surface area contributed by atoms with Crippen molar-refractivity contribution in [2.24, 2.45) is 10.9 Å². The van der Waals surface area contributed by atoms with Gasteiger partial charge in [0.15, 0.2) is 0 Å². The summed E-state index contributed by atoms with van der Waals surface area (Å²) in [5, 5.41) is 29.2. The number of aliphatic imine (C=N–C) groups is 1. The number of aromatic hydroxyl groups is 2. The summed E-state index contributed by atoms with van der Waals surface area (Å²) in [5.41, 5.74) is 2.33. The van der Waals surface area contributed by atoms with Gasteiger partial charge in [-0.3, -0.25) is 0 Å². The molecule has 0 saturated carbocycles. The van der Waals surface area contributed by atoms with Gasteiger partial charge in [0.1, 0.15) is 22.6 Å². The van der Waals surface area contributed by atoms with Gasteiger partial charge in [-0.1, -0.05) is 6.92 Å². The normalized spacial score (nSPS) is 17.4. The fourth-order valence-corrected chi connectivity index (χ4v) is 4.02. The van der Waals surface area contributed by atoms with Gasteiger partial charge in [0.25, 0.3) is 0 Å². The molecule has 4 nitrogen and oxygen atoms in total. The third-order valence-corrected chi connectivity index (χ3v) is 5.10. The molecule has 1 heterocycles. The number of rotatable bonds is 2. The van der Waals surface area contributed by atoms with Crippen LogP contribution in [0.5, 0.6) is 11.5 Å². The lowest BCUT2D eigenvalue weighted by molar-refractivity contribution is 0.450. The van der Waals surface area contributed by atoms with E-state index < -0.39 is 0 Å². The second-order valence-electron chi connectivity index (χ2n) is 5.65.